The Kier molecular flexibility index (Phi) is 2.48. The Hall–Kier alpha value is -1.74. The van der Waals surface area contributed by atoms with Gasteiger partial charge >= 0.3 is 0 Å². The first-order valence-electron chi connectivity index (χ1n) is 4.42. The van der Waals surface area contributed by atoms with Crippen LogP contribution < -0.4 is 5.73 Å². The molecule has 2 aromatic rings. The van der Waals surface area contributed by atoms with Gasteiger partial charge in [-0.1, -0.05) is 0 Å². The number of hydrogen-bond acceptors (Lipinski definition) is 4. The van der Waals surface area contributed by atoms with Gasteiger partial charge in [-0.15, -0.1) is 11.3 Å². The number of fused-ring (bicyclic) bond motifs is 1. The first-order valence-corrected chi connectivity index (χ1v) is 5.24. The lowest BCUT2D eigenvalue weighted by Gasteiger charge is -2.02. The summed E-state index contributed by atoms with van der Waals surface area (Å²) in [5.41, 5.74) is 6.40. The van der Waals surface area contributed by atoms with E-state index in [2.05, 4.69) is 4.98 Å². The standard InChI is InChI=1S/C10H7F2N3S/c1-4-2-5(9(11)12)15-10-7(4)8(14)6(3-13)16-10/h2,9H,14H2,1H3. The molecule has 0 aliphatic carbocycles. The molecule has 2 N–H and O–H groups in total. The summed E-state index contributed by atoms with van der Waals surface area (Å²) in [6, 6.07) is 3.23. The minimum absolute atomic E-state index is 0.282. The molecule has 0 aromatic carbocycles. The van der Waals surface area contributed by atoms with Gasteiger partial charge in [0.15, 0.2) is 0 Å². The lowest BCUT2D eigenvalue weighted by Crippen LogP contribution is -1.93. The lowest BCUT2D eigenvalue weighted by atomic mass is 10.1. The van der Waals surface area contributed by atoms with Crippen LogP contribution in [0.15, 0.2) is 6.07 Å². The molecule has 82 valence electrons. The van der Waals surface area contributed by atoms with Crippen molar-refractivity contribution in [3.63, 3.8) is 0 Å². The number of nitrogen functional groups attached to an aromatic ring is 1. The molecular weight excluding hydrogens is 232 g/mol. The van der Waals surface area contributed by atoms with Gasteiger partial charge in [-0.05, 0) is 18.6 Å². The second-order valence-electron chi connectivity index (χ2n) is 3.30. The highest BCUT2D eigenvalue weighted by Crippen LogP contribution is 2.35. The molecule has 6 heteroatoms. The molecule has 0 atom stereocenters. The van der Waals surface area contributed by atoms with E-state index in [-0.39, 0.29) is 5.69 Å². The molecule has 0 fully saturated rings. The van der Waals surface area contributed by atoms with Crippen molar-refractivity contribution in [3.8, 4) is 6.07 Å². The summed E-state index contributed by atoms with van der Waals surface area (Å²) < 4.78 is 25.0. The van der Waals surface area contributed by atoms with Crippen LogP contribution in [0.2, 0.25) is 0 Å². The van der Waals surface area contributed by atoms with Crippen LogP contribution in [-0.2, 0) is 0 Å². The second-order valence-corrected chi connectivity index (χ2v) is 4.30. The van der Waals surface area contributed by atoms with Gasteiger partial charge in [0.25, 0.3) is 6.43 Å². The Bertz CT molecular complexity index is 598. The van der Waals surface area contributed by atoms with E-state index in [1.54, 1.807) is 6.92 Å². The monoisotopic (exact) mass is 239 g/mol. The SMILES string of the molecule is Cc1cc(C(F)F)nc2sc(C#N)c(N)c12. The third-order valence-electron chi connectivity index (χ3n) is 2.24. The summed E-state index contributed by atoms with van der Waals surface area (Å²) in [6.07, 6.45) is -2.61. The highest BCUT2D eigenvalue weighted by molar-refractivity contribution is 7.19. The molecule has 0 spiro atoms. The quantitative estimate of drug-likeness (QED) is 0.832. The van der Waals surface area contributed by atoms with E-state index >= 15 is 0 Å². The van der Waals surface area contributed by atoms with Crippen LogP contribution >= 0.6 is 11.3 Å². The van der Waals surface area contributed by atoms with Gasteiger partial charge in [0.1, 0.15) is 21.5 Å². The van der Waals surface area contributed by atoms with Crippen molar-refractivity contribution in [2.24, 2.45) is 0 Å². The highest BCUT2D eigenvalue weighted by Gasteiger charge is 2.17. The number of pyridine rings is 1. The largest absolute Gasteiger partial charge is 0.396 e. The fourth-order valence-corrected chi connectivity index (χ4v) is 2.50. The van der Waals surface area contributed by atoms with Crippen molar-refractivity contribution in [1.82, 2.24) is 4.98 Å². The van der Waals surface area contributed by atoms with E-state index < -0.39 is 6.43 Å². The van der Waals surface area contributed by atoms with Crippen LogP contribution in [0.5, 0.6) is 0 Å². The van der Waals surface area contributed by atoms with E-state index in [0.29, 0.717) is 26.3 Å². The second kappa shape index (κ2) is 3.68. The fraction of sp³-hybridized carbons (Fsp3) is 0.200. The van der Waals surface area contributed by atoms with Crippen LogP contribution in [0.25, 0.3) is 10.2 Å². The Morgan fingerprint density at radius 3 is 2.81 bits per heavy atom. The van der Waals surface area contributed by atoms with Crippen molar-refractivity contribution in [3.05, 3.63) is 22.2 Å². The maximum absolute atomic E-state index is 12.5. The molecule has 0 aliphatic heterocycles. The summed E-state index contributed by atoms with van der Waals surface area (Å²) in [6.45, 7) is 1.68. The maximum Gasteiger partial charge on any atom is 0.280 e. The molecule has 0 bridgehead atoms. The zero-order chi connectivity index (χ0) is 11.9. The van der Waals surface area contributed by atoms with E-state index in [0.717, 1.165) is 11.3 Å². The molecule has 0 amide bonds. The van der Waals surface area contributed by atoms with Crippen LogP contribution in [0.1, 0.15) is 22.6 Å². The summed E-state index contributed by atoms with van der Waals surface area (Å²) in [4.78, 5) is 4.51. The fourth-order valence-electron chi connectivity index (χ4n) is 1.53. The number of halogens is 2. The Morgan fingerprint density at radius 2 is 2.25 bits per heavy atom. The average Bonchev–Trinajstić information content (AvgIpc) is 2.55. The molecular formula is C10H7F2N3S. The van der Waals surface area contributed by atoms with Gasteiger partial charge in [0.05, 0.1) is 5.69 Å². The van der Waals surface area contributed by atoms with Crippen LogP contribution in [0.3, 0.4) is 0 Å². The summed E-state index contributed by atoms with van der Waals surface area (Å²) in [5, 5.41) is 9.40. The third-order valence-corrected chi connectivity index (χ3v) is 3.25. The maximum atomic E-state index is 12.5. The minimum atomic E-state index is -2.61. The normalized spacial score (nSPS) is 10.9. The Morgan fingerprint density at radius 1 is 1.56 bits per heavy atom. The summed E-state index contributed by atoms with van der Waals surface area (Å²) in [7, 11) is 0. The predicted octanol–water partition coefficient (Wildman–Crippen LogP) is 3.00. The van der Waals surface area contributed by atoms with E-state index in [1.165, 1.54) is 6.07 Å². The molecule has 0 saturated carbocycles. The number of nitrogens with two attached hydrogens (primary N) is 1. The van der Waals surface area contributed by atoms with Crippen molar-refractivity contribution < 1.29 is 8.78 Å². The molecule has 0 unspecified atom stereocenters. The zero-order valence-electron chi connectivity index (χ0n) is 8.29. The van der Waals surface area contributed by atoms with Crippen molar-refractivity contribution in [2.45, 2.75) is 13.3 Å². The zero-order valence-corrected chi connectivity index (χ0v) is 9.11. The Labute approximate surface area is 94.1 Å². The van der Waals surface area contributed by atoms with Crippen LogP contribution in [-0.4, -0.2) is 4.98 Å². The first kappa shape index (κ1) is 10.8. The topological polar surface area (TPSA) is 62.7 Å². The number of aryl methyl sites for hydroxylation is 1. The molecule has 0 aliphatic rings. The molecule has 0 radical (unpaired) electrons. The summed E-state index contributed by atoms with van der Waals surface area (Å²) >= 11 is 1.04. The van der Waals surface area contributed by atoms with Gasteiger partial charge in [-0.2, -0.15) is 5.26 Å². The van der Waals surface area contributed by atoms with Gasteiger partial charge in [-0.25, -0.2) is 13.8 Å². The number of alkyl halides is 2. The van der Waals surface area contributed by atoms with E-state index in [9.17, 15) is 8.78 Å². The number of nitrogens with zero attached hydrogens (tertiary/aromatic N) is 2. The lowest BCUT2D eigenvalue weighted by molar-refractivity contribution is 0.146. The molecule has 2 heterocycles. The van der Waals surface area contributed by atoms with Gasteiger partial charge in [0.2, 0.25) is 0 Å². The number of rotatable bonds is 1. The predicted molar refractivity (Wildman–Crippen MR) is 58.4 cm³/mol. The highest BCUT2D eigenvalue weighted by atomic mass is 32.1. The van der Waals surface area contributed by atoms with Crippen LogP contribution in [0, 0.1) is 18.3 Å². The Balaban J connectivity index is 2.80. The van der Waals surface area contributed by atoms with Crippen LogP contribution in [0.4, 0.5) is 14.5 Å². The average molecular weight is 239 g/mol. The molecule has 2 aromatic heterocycles. The number of thiophene rings is 1. The molecule has 0 saturated heterocycles. The molecule has 16 heavy (non-hydrogen) atoms. The van der Waals surface area contributed by atoms with Crippen molar-refractivity contribution in [1.29, 1.82) is 5.26 Å². The summed E-state index contributed by atoms with van der Waals surface area (Å²) in [5.74, 6) is 0. The number of hydrogen-bond donors (Lipinski definition) is 1. The number of nitriles is 1. The molecule has 3 nitrogen and oxygen atoms in total. The van der Waals surface area contributed by atoms with Gasteiger partial charge in [0, 0.05) is 5.39 Å². The van der Waals surface area contributed by atoms with Crippen molar-refractivity contribution in [2.75, 3.05) is 5.73 Å². The van der Waals surface area contributed by atoms with Crippen molar-refractivity contribution >= 4 is 27.2 Å². The number of aromatic nitrogens is 1. The first-order chi connectivity index (χ1) is 7.54. The number of anilines is 1. The van der Waals surface area contributed by atoms with Gasteiger partial charge in [-0.3, -0.25) is 0 Å². The van der Waals surface area contributed by atoms with E-state index in [1.807, 2.05) is 6.07 Å². The minimum Gasteiger partial charge on any atom is -0.396 e. The molecule has 2 rings (SSSR count). The third kappa shape index (κ3) is 1.49. The van der Waals surface area contributed by atoms with Gasteiger partial charge < -0.3 is 5.73 Å². The smallest absolute Gasteiger partial charge is 0.280 e. The van der Waals surface area contributed by atoms with E-state index in [4.69, 9.17) is 11.0 Å².